The highest BCUT2D eigenvalue weighted by molar-refractivity contribution is 6.46. The number of hydrogen-bond donors (Lipinski definition) is 5. The largest absolute Gasteiger partial charge is 0.496 e. The van der Waals surface area contributed by atoms with Crippen molar-refractivity contribution >= 4 is 40.4 Å². The molecule has 4 rings (SSSR count). The van der Waals surface area contributed by atoms with E-state index in [1.54, 1.807) is 19.2 Å². The molecule has 2 atom stereocenters. The average Bonchev–Trinajstić information content (AvgIpc) is 2.84. The Kier molecular flexibility index (Phi) is 6.87. The Morgan fingerprint density at radius 1 is 1.15 bits per heavy atom. The number of nitrogens with zero attached hydrogens (tertiary/aromatic N) is 1. The van der Waals surface area contributed by atoms with Gasteiger partial charge in [0.2, 0.25) is 0 Å². The van der Waals surface area contributed by atoms with Crippen LogP contribution in [0.2, 0.25) is 5.02 Å². The standard InChI is InChI=1S/C22H26Cl2N6O3/c1-31-16-7-11(18-10-28-5-6-33-18)3-4-12(16)20-19(24)21(26)30(27)22(29-20)13-8-15(25)14(23)9-17(13)32-2/h3-4,7-9,18,22,26,28-29H,5-6,10,25,27H2,1-2H3. The monoisotopic (exact) mass is 492 g/mol. The molecule has 1 saturated heterocycles. The molecule has 11 heteroatoms. The lowest BCUT2D eigenvalue weighted by Crippen LogP contribution is -2.50. The van der Waals surface area contributed by atoms with E-state index in [9.17, 15) is 0 Å². The summed E-state index contributed by atoms with van der Waals surface area (Å²) >= 11 is 12.7. The summed E-state index contributed by atoms with van der Waals surface area (Å²) in [7, 11) is 3.11. The molecule has 33 heavy (non-hydrogen) atoms. The van der Waals surface area contributed by atoms with Crippen LogP contribution in [0.4, 0.5) is 5.69 Å². The zero-order valence-electron chi connectivity index (χ0n) is 18.2. The number of amidine groups is 1. The third-order valence-corrected chi connectivity index (χ3v) is 6.38. The second-order valence-corrected chi connectivity index (χ2v) is 8.42. The van der Waals surface area contributed by atoms with E-state index in [0.29, 0.717) is 45.6 Å². The van der Waals surface area contributed by atoms with E-state index in [1.165, 1.54) is 12.1 Å². The van der Waals surface area contributed by atoms with Crippen molar-refractivity contribution in [2.24, 2.45) is 5.84 Å². The van der Waals surface area contributed by atoms with Gasteiger partial charge < -0.3 is 30.6 Å². The van der Waals surface area contributed by atoms with Gasteiger partial charge in [-0.25, -0.2) is 5.84 Å². The summed E-state index contributed by atoms with van der Waals surface area (Å²) in [5.41, 5.74) is 9.15. The molecule has 0 bridgehead atoms. The molecule has 176 valence electrons. The summed E-state index contributed by atoms with van der Waals surface area (Å²) in [6, 6.07) is 9.04. The summed E-state index contributed by atoms with van der Waals surface area (Å²) in [4.78, 5) is 0. The minimum Gasteiger partial charge on any atom is -0.496 e. The van der Waals surface area contributed by atoms with Gasteiger partial charge in [-0.2, -0.15) is 0 Å². The smallest absolute Gasteiger partial charge is 0.158 e. The first-order valence-corrected chi connectivity index (χ1v) is 11.0. The van der Waals surface area contributed by atoms with Crippen molar-refractivity contribution in [2.45, 2.75) is 12.3 Å². The molecule has 2 aromatic rings. The number of nitrogen functional groups attached to an aromatic ring is 1. The summed E-state index contributed by atoms with van der Waals surface area (Å²) in [6.45, 7) is 2.19. The van der Waals surface area contributed by atoms with Gasteiger partial charge in [-0.1, -0.05) is 29.3 Å². The molecule has 2 aromatic carbocycles. The summed E-state index contributed by atoms with van der Waals surface area (Å²) in [6.07, 6.45) is -0.767. The van der Waals surface area contributed by atoms with Crippen molar-refractivity contribution in [1.82, 2.24) is 15.6 Å². The molecule has 0 radical (unpaired) electrons. The molecule has 2 aliphatic heterocycles. The van der Waals surface area contributed by atoms with Crippen molar-refractivity contribution in [3.05, 3.63) is 57.1 Å². The third kappa shape index (κ3) is 4.42. The van der Waals surface area contributed by atoms with Crippen LogP contribution in [0.15, 0.2) is 35.4 Å². The van der Waals surface area contributed by atoms with Gasteiger partial charge in [-0.05, 0) is 23.8 Å². The van der Waals surface area contributed by atoms with Crippen molar-refractivity contribution in [2.75, 3.05) is 39.6 Å². The fourth-order valence-electron chi connectivity index (χ4n) is 3.93. The summed E-state index contributed by atoms with van der Waals surface area (Å²) in [5.74, 6) is 7.21. The Morgan fingerprint density at radius 2 is 1.91 bits per heavy atom. The maximum Gasteiger partial charge on any atom is 0.158 e. The molecule has 2 unspecified atom stereocenters. The molecule has 1 fully saturated rings. The Bertz CT molecular complexity index is 1100. The Balaban J connectivity index is 1.75. The van der Waals surface area contributed by atoms with Crippen molar-refractivity contribution < 1.29 is 14.2 Å². The first-order chi connectivity index (χ1) is 15.8. The normalized spacial score (nSPS) is 21.1. The number of benzene rings is 2. The lowest BCUT2D eigenvalue weighted by molar-refractivity contribution is 0.0276. The van der Waals surface area contributed by atoms with Gasteiger partial charge in [0.05, 0.1) is 43.3 Å². The quantitative estimate of drug-likeness (QED) is 0.318. The van der Waals surface area contributed by atoms with Crippen LogP contribution in [-0.4, -0.2) is 44.8 Å². The second-order valence-electron chi connectivity index (χ2n) is 7.63. The first kappa shape index (κ1) is 23.5. The van der Waals surface area contributed by atoms with Crippen molar-refractivity contribution in [3.8, 4) is 11.5 Å². The van der Waals surface area contributed by atoms with E-state index in [4.69, 9.17) is 54.4 Å². The minimum atomic E-state index is -0.695. The SMILES string of the molecule is COc1cc(C2CNCCO2)ccc1C1=C(Cl)C(=N)N(N)C(c2cc(N)c(Cl)cc2OC)N1. The zero-order chi connectivity index (χ0) is 23.7. The van der Waals surface area contributed by atoms with Crippen LogP contribution in [0, 0.1) is 5.41 Å². The van der Waals surface area contributed by atoms with Gasteiger partial charge in [0.1, 0.15) is 22.7 Å². The first-order valence-electron chi connectivity index (χ1n) is 10.3. The number of nitrogens with one attached hydrogen (secondary N) is 3. The zero-order valence-corrected chi connectivity index (χ0v) is 19.8. The number of anilines is 1. The second kappa shape index (κ2) is 9.66. The highest BCUT2D eigenvalue weighted by atomic mass is 35.5. The number of nitrogens with two attached hydrogens (primary N) is 2. The van der Waals surface area contributed by atoms with Crippen LogP contribution in [0.5, 0.6) is 11.5 Å². The predicted octanol–water partition coefficient (Wildman–Crippen LogP) is 2.96. The van der Waals surface area contributed by atoms with Gasteiger partial charge >= 0.3 is 0 Å². The Hall–Kier alpha value is -2.69. The number of ether oxygens (including phenoxy) is 3. The number of halogens is 2. The molecule has 0 aromatic heterocycles. The lowest BCUT2D eigenvalue weighted by atomic mass is 10.0. The van der Waals surface area contributed by atoms with Crippen LogP contribution >= 0.6 is 23.2 Å². The topological polar surface area (TPSA) is 131 Å². The van der Waals surface area contributed by atoms with E-state index < -0.39 is 6.17 Å². The number of methoxy groups -OCH3 is 2. The van der Waals surface area contributed by atoms with Gasteiger partial charge in [-0.3, -0.25) is 10.4 Å². The van der Waals surface area contributed by atoms with Gasteiger partial charge in [0, 0.05) is 30.3 Å². The minimum absolute atomic E-state index is 0.0719. The average molecular weight is 493 g/mol. The van der Waals surface area contributed by atoms with Gasteiger partial charge in [-0.15, -0.1) is 0 Å². The molecule has 0 saturated carbocycles. The van der Waals surface area contributed by atoms with Crippen LogP contribution < -0.4 is 31.7 Å². The molecule has 7 N–H and O–H groups in total. The molecule has 9 nitrogen and oxygen atoms in total. The maximum absolute atomic E-state index is 8.52. The number of hydrogen-bond acceptors (Lipinski definition) is 8. The third-order valence-electron chi connectivity index (χ3n) is 5.68. The van der Waals surface area contributed by atoms with Crippen LogP contribution in [-0.2, 0) is 4.74 Å². The molecule has 0 amide bonds. The molecule has 2 aliphatic rings. The van der Waals surface area contributed by atoms with Crippen molar-refractivity contribution in [1.29, 1.82) is 5.41 Å². The fraction of sp³-hybridized carbons (Fsp3) is 0.318. The fourth-order valence-corrected chi connectivity index (χ4v) is 4.34. The number of rotatable bonds is 5. The van der Waals surface area contributed by atoms with E-state index in [2.05, 4.69) is 10.6 Å². The molecular weight excluding hydrogens is 467 g/mol. The predicted molar refractivity (Wildman–Crippen MR) is 129 cm³/mol. The maximum atomic E-state index is 8.52. The van der Waals surface area contributed by atoms with Crippen LogP contribution in [0.1, 0.15) is 29.0 Å². The van der Waals surface area contributed by atoms with Gasteiger partial charge in [0.25, 0.3) is 0 Å². The number of hydrazine groups is 1. The summed E-state index contributed by atoms with van der Waals surface area (Å²) < 4.78 is 17.0. The lowest BCUT2D eigenvalue weighted by Gasteiger charge is -2.37. The van der Waals surface area contributed by atoms with E-state index in [0.717, 1.165) is 18.7 Å². The van der Waals surface area contributed by atoms with Crippen LogP contribution in [0.3, 0.4) is 0 Å². The van der Waals surface area contributed by atoms with E-state index in [1.807, 2.05) is 18.2 Å². The molecule has 0 aliphatic carbocycles. The molecular formula is C22H26Cl2N6O3. The van der Waals surface area contributed by atoms with Crippen molar-refractivity contribution in [3.63, 3.8) is 0 Å². The molecule has 2 heterocycles. The highest BCUT2D eigenvalue weighted by Crippen LogP contribution is 2.40. The van der Waals surface area contributed by atoms with E-state index >= 15 is 0 Å². The van der Waals surface area contributed by atoms with Crippen LogP contribution in [0.25, 0.3) is 5.70 Å². The Labute approximate surface area is 202 Å². The van der Waals surface area contributed by atoms with Gasteiger partial charge in [0.15, 0.2) is 5.84 Å². The molecule has 0 spiro atoms. The Morgan fingerprint density at radius 3 is 2.58 bits per heavy atom. The highest BCUT2D eigenvalue weighted by Gasteiger charge is 2.34. The summed E-state index contributed by atoms with van der Waals surface area (Å²) in [5, 5.41) is 16.9. The van der Waals surface area contributed by atoms with E-state index in [-0.39, 0.29) is 17.0 Å². The number of morpholine rings is 1.